The highest BCUT2D eigenvalue weighted by Gasteiger charge is 2.19. The van der Waals surface area contributed by atoms with Crippen LogP contribution in [0.25, 0.3) is 0 Å². The first-order valence-electron chi connectivity index (χ1n) is 7.27. The van der Waals surface area contributed by atoms with Crippen LogP contribution in [-0.4, -0.2) is 6.54 Å². The van der Waals surface area contributed by atoms with Gasteiger partial charge in [-0.1, -0.05) is 54.4 Å². The number of benzene rings is 2. The molecule has 0 aliphatic rings. The van der Waals surface area contributed by atoms with Crippen molar-refractivity contribution in [1.82, 2.24) is 5.32 Å². The Labute approximate surface area is 137 Å². The van der Waals surface area contributed by atoms with E-state index in [4.69, 9.17) is 23.2 Å². The smallest absolute Gasteiger partial charge is 0.0468 e. The molecule has 1 unspecified atom stereocenters. The zero-order valence-electron chi connectivity index (χ0n) is 12.7. The highest BCUT2D eigenvalue weighted by molar-refractivity contribution is 6.36. The molecule has 1 N–H and O–H groups in total. The molecule has 2 aromatic rings. The molecule has 0 heterocycles. The molecule has 0 fully saturated rings. The molecule has 2 rings (SSSR count). The summed E-state index contributed by atoms with van der Waals surface area (Å²) in [5.41, 5.74) is 4.96. The summed E-state index contributed by atoms with van der Waals surface area (Å²) >= 11 is 12.8. The standard InChI is InChI=1S/C18H21Cl2N/c1-4-21-17(18-15(19)9-6-10-16(18)20)11-14-12(2)7-5-8-13(14)3/h5-10,17,21H,4,11H2,1-3H3. The first-order valence-corrected chi connectivity index (χ1v) is 8.02. The van der Waals surface area contributed by atoms with Crippen molar-refractivity contribution in [3.05, 3.63) is 68.7 Å². The number of nitrogens with one attached hydrogen (secondary N) is 1. The van der Waals surface area contributed by atoms with Gasteiger partial charge in [0.2, 0.25) is 0 Å². The SMILES string of the molecule is CCNC(Cc1c(C)cccc1C)c1c(Cl)cccc1Cl. The molecule has 0 aromatic heterocycles. The lowest BCUT2D eigenvalue weighted by Crippen LogP contribution is -2.24. The predicted molar refractivity (Wildman–Crippen MR) is 92.5 cm³/mol. The molecular formula is C18H21Cl2N. The summed E-state index contributed by atoms with van der Waals surface area (Å²) < 4.78 is 0. The van der Waals surface area contributed by atoms with Gasteiger partial charge in [-0.3, -0.25) is 0 Å². The van der Waals surface area contributed by atoms with Gasteiger partial charge < -0.3 is 5.32 Å². The summed E-state index contributed by atoms with van der Waals surface area (Å²) in [5, 5.41) is 4.96. The quantitative estimate of drug-likeness (QED) is 0.766. The second-order valence-corrected chi connectivity index (χ2v) is 6.13. The Morgan fingerprint density at radius 3 is 2.00 bits per heavy atom. The lowest BCUT2D eigenvalue weighted by molar-refractivity contribution is 0.548. The Morgan fingerprint density at radius 2 is 1.48 bits per heavy atom. The van der Waals surface area contributed by atoms with Gasteiger partial charge in [0.1, 0.15) is 0 Å². The van der Waals surface area contributed by atoms with Gasteiger partial charge >= 0.3 is 0 Å². The molecule has 1 atom stereocenters. The van der Waals surface area contributed by atoms with Gasteiger partial charge in [0, 0.05) is 21.7 Å². The normalized spacial score (nSPS) is 12.4. The van der Waals surface area contributed by atoms with E-state index in [-0.39, 0.29) is 6.04 Å². The Bertz CT molecular complexity index is 582. The maximum absolute atomic E-state index is 6.38. The first-order chi connectivity index (χ1) is 10.0. The van der Waals surface area contributed by atoms with Crippen LogP contribution in [0.4, 0.5) is 0 Å². The van der Waals surface area contributed by atoms with E-state index in [0.717, 1.165) is 28.6 Å². The van der Waals surface area contributed by atoms with Crippen LogP contribution in [-0.2, 0) is 6.42 Å². The van der Waals surface area contributed by atoms with E-state index in [1.54, 1.807) is 0 Å². The van der Waals surface area contributed by atoms with Crippen LogP contribution < -0.4 is 5.32 Å². The van der Waals surface area contributed by atoms with E-state index >= 15 is 0 Å². The molecule has 0 amide bonds. The highest BCUT2D eigenvalue weighted by Crippen LogP contribution is 2.33. The van der Waals surface area contributed by atoms with Gasteiger partial charge in [-0.05, 0) is 55.6 Å². The molecule has 0 radical (unpaired) electrons. The minimum absolute atomic E-state index is 0.121. The molecule has 1 nitrogen and oxygen atoms in total. The van der Waals surface area contributed by atoms with Crippen LogP contribution in [0, 0.1) is 13.8 Å². The number of halogens is 2. The van der Waals surface area contributed by atoms with E-state index in [9.17, 15) is 0 Å². The molecule has 0 spiro atoms. The topological polar surface area (TPSA) is 12.0 Å². The third-order valence-corrected chi connectivity index (χ3v) is 4.51. The fourth-order valence-electron chi connectivity index (χ4n) is 2.74. The number of likely N-dealkylation sites (N-methyl/N-ethyl adjacent to an activating group) is 1. The van der Waals surface area contributed by atoms with Crippen molar-refractivity contribution >= 4 is 23.2 Å². The summed E-state index contributed by atoms with van der Waals surface area (Å²) in [4.78, 5) is 0. The minimum atomic E-state index is 0.121. The van der Waals surface area contributed by atoms with Crippen LogP contribution in [0.15, 0.2) is 36.4 Å². The zero-order valence-corrected chi connectivity index (χ0v) is 14.2. The Morgan fingerprint density at radius 1 is 0.952 bits per heavy atom. The van der Waals surface area contributed by atoms with Gasteiger partial charge in [0.15, 0.2) is 0 Å². The molecule has 0 bridgehead atoms. The zero-order chi connectivity index (χ0) is 15.4. The van der Waals surface area contributed by atoms with Gasteiger partial charge in [0.25, 0.3) is 0 Å². The summed E-state index contributed by atoms with van der Waals surface area (Å²) in [7, 11) is 0. The number of aryl methyl sites for hydroxylation is 2. The van der Waals surface area contributed by atoms with Gasteiger partial charge in [-0.2, -0.15) is 0 Å². The Balaban J connectivity index is 2.41. The predicted octanol–water partition coefficient (Wildman–Crippen LogP) is 5.50. The Hall–Kier alpha value is -1.02. The van der Waals surface area contributed by atoms with E-state index in [1.807, 2.05) is 18.2 Å². The maximum Gasteiger partial charge on any atom is 0.0468 e. The fourth-order valence-corrected chi connectivity index (χ4v) is 3.40. The lowest BCUT2D eigenvalue weighted by Gasteiger charge is -2.23. The summed E-state index contributed by atoms with van der Waals surface area (Å²) in [6.45, 7) is 7.28. The van der Waals surface area contributed by atoms with Crippen LogP contribution in [0.5, 0.6) is 0 Å². The highest BCUT2D eigenvalue weighted by atomic mass is 35.5. The molecule has 0 saturated heterocycles. The molecule has 0 aliphatic carbocycles. The van der Waals surface area contributed by atoms with Crippen LogP contribution >= 0.6 is 23.2 Å². The fraction of sp³-hybridized carbons (Fsp3) is 0.333. The monoisotopic (exact) mass is 321 g/mol. The van der Waals surface area contributed by atoms with Crippen molar-refractivity contribution in [3.63, 3.8) is 0 Å². The minimum Gasteiger partial charge on any atom is -0.310 e. The van der Waals surface area contributed by atoms with Crippen molar-refractivity contribution in [2.24, 2.45) is 0 Å². The summed E-state index contributed by atoms with van der Waals surface area (Å²) in [6, 6.07) is 12.2. The number of rotatable bonds is 5. The molecule has 0 saturated carbocycles. The number of hydrogen-bond donors (Lipinski definition) is 1. The third-order valence-electron chi connectivity index (χ3n) is 3.85. The van der Waals surface area contributed by atoms with E-state index in [0.29, 0.717) is 0 Å². The summed E-state index contributed by atoms with van der Waals surface area (Å²) in [5.74, 6) is 0. The van der Waals surface area contributed by atoms with Crippen molar-refractivity contribution in [3.8, 4) is 0 Å². The molecule has 21 heavy (non-hydrogen) atoms. The molecular weight excluding hydrogens is 301 g/mol. The van der Waals surface area contributed by atoms with Crippen LogP contribution in [0.1, 0.15) is 35.2 Å². The second kappa shape index (κ2) is 7.31. The maximum atomic E-state index is 6.38. The molecule has 0 aliphatic heterocycles. The van der Waals surface area contributed by atoms with Crippen molar-refractivity contribution in [2.45, 2.75) is 33.2 Å². The van der Waals surface area contributed by atoms with Crippen molar-refractivity contribution < 1.29 is 0 Å². The van der Waals surface area contributed by atoms with Gasteiger partial charge in [-0.15, -0.1) is 0 Å². The average molecular weight is 322 g/mol. The molecule has 3 heteroatoms. The van der Waals surface area contributed by atoms with Crippen LogP contribution in [0.2, 0.25) is 10.0 Å². The van der Waals surface area contributed by atoms with Gasteiger partial charge in [-0.25, -0.2) is 0 Å². The van der Waals surface area contributed by atoms with Crippen molar-refractivity contribution in [1.29, 1.82) is 0 Å². The lowest BCUT2D eigenvalue weighted by atomic mass is 9.93. The molecule has 2 aromatic carbocycles. The largest absolute Gasteiger partial charge is 0.310 e. The van der Waals surface area contributed by atoms with E-state index in [1.165, 1.54) is 16.7 Å². The second-order valence-electron chi connectivity index (χ2n) is 5.32. The van der Waals surface area contributed by atoms with Gasteiger partial charge in [0.05, 0.1) is 0 Å². The van der Waals surface area contributed by atoms with Crippen molar-refractivity contribution in [2.75, 3.05) is 6.54 Å². The van der Waals surface area contributed by atoms with E-state index < -0.39 is 0 Å². The van der Waals surface area contributed by atoms with Crippen LogP contribution in [0.3, 0.4) is 0 Å². The third kappa shape index (κ3) is 3.79. The van der Waals surface area contributed by atoms with E-state index in [2.05, 4.69) is 44.3 Å². The Kier molecular flexibility index (Phi) is 5.69. The average Bonchev–Trinajstić information content (AvgIpc) is 2.42. The molecule has 112 valence electrons. The summed E-state index contributed by atoms with van der Waals surface area (Å²) in [6.07, 6.45) is 0.885. The first kappa shape index (κ1) is 16.4. The number of hydrogen-bond acceptors (Lipinski definition) is 1.